The molecule has 27 heavy (non-hydrogen) atoms. The zero-order valence-corrected chi connectivity index (χ0v) is 14.5. The fourth-order valence-corrected chi connectivity index (χ4v) is 2.90. The maximum Gasteiger partial charge on any atom is 0.328 e. The molecular formula is C21H17F2NO3. The third-order valence-corrected chi connectivity index (χ3v) is 4.28. The minimum absolute atomic E-state index is 0.0827. The lowest BCUT2D eigenvalue weighted by Crippen LogP contribution is -2.43. The topological polar surface area (TPSA) is 55.4 Å². The molecule has 0 unspecified atom stereocenters. The van der Waals surface area contributed by atoms with Crippen molar-refractivity contribution in [3.8, 4) is 0 Å². The number of methoxy groups -OCH3 is 1. The highest BCUT2D eigenvalue weighted by Gasteiger charge is 2.24. The summed E-state index contributed by atoms with van der Waals surface area (Å²) in [5.74, 6) is -3.50. The molecule has 3 aromatic carbocycles. The first-order chi connectivity index (χ1) is 13.0. The highest BCUT2D eigenvalue weighted by molar-refractivity contribution is 5.97. The van der Waals surface area contributed by atoms with Gasteiger partial charge in [0.2, 0.25) is 0 Å². The van der Waals surface area contributed by atoms with E-state index in [2.05, 4.69) is 5.32 Å². The molecule has 3 aromatic rings. The van der Waals surface area contributed by atoms with Gasteiger partial charge in [0.15, 0.2) is 11.6 Å². The summed E-state index contributed by atoms with van der Waals surface area (Å²) in [6.07, 6.45) is 0.198. The molecule has 0 saturated carbocycles. The molecule has 0 heterocycles. The highest BCUT2D eigenvalue weighted by Crippen LogP contribution is 2.20. The molecule has 0 fully saturated rings. The van der Waals surface area contributed by atoms with Gasteiger partial charge in [0.05, 0.1) is 7.11 Å². The Balaban J connectivity index is 1.86. The number of esters is 1. The van der Waals surface area contributed by atoms with Gasteiger partial charge in [-0.2, -0.15) is 0 Å². The van der Waals surface area contributed by atoms with Crippen molar-refractivity contribution in [2.24, 2.45) is 0 Å². The molecule has 0 aliphatic carbocycles. The number of nitrogens with one attached hydrogen (secondary N) is 1. The van der Waals surface area contributed by atoms with Gasteiger partial charge in [-0.1, -0.05) is 42.5 Å². The number of carbonyl (C=O) groups is 2. The van der Waals surface area contributed by atoms with Crippen molar-refractivity contribution < 1.29 is 23.1 Å². The van der Waals surface area contributed by atoms with E-state index in [9.17, 15) is 18.4 Å². The fourth-order valence-electron chi connectivity index (χ4n) is 2.90. The standard InChI is InChI=1S/C21H17F2NO3/c1-27-21(26)19(24-20(25)15-9-10-17(22)18(23)11-15)12-14-7-4-6-13-5-2-3-8-16(13)14/h2-11,19H,12H2,1H3,(H,24,25)/t19-/m0/s1. The SMILES string of the molecule is COC(=O)[C@H](Cc1cccc2ccccc12)NC(=O)c1ccc(F)c(F)c1. The number of halogens is 2. The predicted octanol–water partition coefficient (Wildman–Crippen LogP) is 3.63. The normalized spacial score (nSPS) is 11.8. The number of ether oxygens (including phenoxy) is 1. The first-order valence-corrected chi connectivity index (χ1v) is 8.30. The van der Waals surface area contributed by atoms with Crippen LogP contribution in [0.2, 0.25) is 0 Å². The molecule has 0 aliphatic heterocycles. The van der Waals surface area contributed by atoms with E-state index < -0.39 is 29.6 Å². The van der Waals surface area contributed by atoms with E-state index in [-0.39, 0.29) is 12.0 Å². The molecule has 0 aliphatic rings. The minimum Gasteiger partial charge on any atom is -0.467 e. The van der Waals surface area contributed by atoms with Gasteiger partial charge in [0, 0.05) is 12.0 Å². The van der Waals surface area contributed by atoms with Crippen molar-refractivity contribution in [2.75, 3.05) is 7.11 Å². The van der Waals surface area contributed by atoms with Crippen molar-refractivity contribution in [3.63, 3.8) is 0 Å². The molecule has 0 aromatic heterocycles. The van der Waals surface area contributed by atoms with E-state index >= 15 is 0 Å². The van der Waals surface area contributed by atoms with E-state index in [4.69, 9.17) is 4.74 Å². The maximum atomic E-state index is 13.4. The van der Waals surface area contributed by atoms with Crippen LogP contribution >= 0.6 is 0 Å². The van der Waals surface area contributed by atoms with Crippen LogP contribution in [0.3, 0.4) is 0 Å². The number of hydrogen-bond acceptors (Lipinski definition) is 3. The van der Waals surface area contributed by atoms with Gasteiger partial charge in [0.1, 0.15) is 6.04 Å². The minimum atomic E-state index is -1.13. The van der Waals surface area contributed by atoms with Gasteiger partial charge in [0.25, 0.3) is 5.91 Å². The van der Waals surface area contributed by atoms with Crippen molar-refractivity contribution in [1.82, 2.24) is 5.32 Å². The number of carbonyl (C=O) groups excluding carboxylic acids is 2. The molecule has 0 saturated heterocycles. The summed E-state index contributed by atoms with van der Waals surface area (Å²) in [4.78, 5) is 24.6. The fraction of sp³-hybridized carbons (Fsp3) is 0.143. The average molecular weight is 369 g/mol. The maximum absolute atomic E-state index is 13.4. The lowest BCUT2D eigenvalue weighted by Gasteiger charge is -2.18. The molecular weight excluding hydrogens is 352 g/mol. The second kappa shape index (κ2) is 7.95. The van der Waals surface area contributed by atoms with Crippen LogP contribution in [-0.2, 0) is 16.0 Å². The van der Waals surface area contributed by atoms with Gasteiger partial charge >= 0.3 is 5.97 Å². The Morgan fingerprint density at radius 3 is 2.48 bits per heavy atom. The zero-order chi connectivity index (χ0) is 19.4. The van der Waals surface area contributed by atoms with E-state index in [1.54, 1.807) is 0 Å². The lowest BCUT2D eigenvalue weighted by molar-refractivity contribution is -0.142. The van der Waals surface area contributed by atoms with Crippen LogP contribution in [0.4, 0.5) is 8.78 Å². The van der Waals surface area contributed by atoms with Crippen LogP contribution in [0.5, 0.6) is 0 Å². The highest BCUT2D eigenvalue weighted by atomic mass is 19.2. The summed E-state index contributed by atoms with van der Waals surface area (Å²) in [5, 5.41) is 4.50. The van der Waals surface area contributed by atoms with E-state index in [0.29, 0.717) is 0 Å². The second-order valence-corrected chi connectivity index (χ2v) is 6.02. The summed E-state index contributed by atoms with van der Waals surface area (Å²) in [6, 6.07) is 15.2. The number of benzene rings is 3. The van der Waals surface area contributed by atoms with Crippen molar-refractivity contribution in [3.05, 3.63) is 83.4 Å². The Hall–Kier alpha value is -3.28. The number of fused-ring (bicyclic) bond motifs is 1. The Morgan fingerprint density at radius 1 is 1.00 bits per heavy atom. The molecule has 3 rings (SSSR count). The second-order valence-electron chi connectivity index (χ2n) is 6.02. The Bertz CT molecular complexity index is 998. The molecule has 0 bridgehead atoms. The summed E-state index contributed by atoms with van der Waals surface area (Å²) in [6.45, 7) is 0. The smallest absolute Gasteiger partial charge is 0.328 e. The summed E-state index contributed by atoms with van der Waals surface area (Å²) < 4.78 is 31.2. The molecule has 138 valence electrons. The first kappa shape index (κ1) is 18.5. The number of rotatable bonds is 5. The number of hydrogen-bond donors (Lipinski definition) is 1. The molecule has 1 amide bonds. The van der Waals surface area contributed by atoms with Gasteiger partial charge in [-0.3, -0.25) is 4.79 Å². The third-order valence-electron chi connectivity index (χ3n) is 4.28. The molecule has 1 N–H and O–H groups in total. The monoisotopic (exact) mass is 369 g/mol. The molecule has 1 atom stereocenters. The third kappa shape index (κ3) is 4.11. The van der Waals surface area contributed by atoms with E-state index in [0.717, 1.165) is 34.5 Å². The summed E-state index contributed by atoms with van der Waals surface area (Å²) in [7, 11) is 1.22. The van der Waals surface area contributed by atoms with Crippen LogP contribution in [0.15, 0.2) is 60.7 Å². The Kier molecular flexibility index (Phi) is 5.45. The zero-order valence-electron chi connectivity index (χ0n) is 14.5. The van der Waals surface area contributed by atoms with E-state index in [1.165, 1.54) is 7.11 Å². The first-order valence-electron chi connectivity index (χ1n) is 8.30. The average Bonchev–Trinajstić information content (AvgIpc) is 2.69. The van der Waals surface area contributed by atoms with Crippen LogP contribution in [0.1, 0.15) is 15.9 Å². The van der Waals surface area contributed by atoms with Gasteiger partial charge in [-0.15, -0.1) is 0 Å². The summed E-state index contributed by atoms with van der Waals surface area (Å²) in [5.41, 5.74) is 0.773. The Morgan fingerprint density at radius 2 is 1.74 bits per heavy atom. The largest absolute Gasteiger partial charge is 0.467 e. The Labute approximate surface area is 154 Å². The van der Waals surface area contributed by atoms with Crippen LogP contribution in [0.25, 0.3) is 10.8 Å². The van der Waals surface area contributed by atoms with Crippen molar-refractivity contribution >= 4 is 22.6 Å². The van der Waals surface area contributed by atoms with Crippen LogP contribution in [-0.4, -0.2) is 25.0 Å². The van der Waals surface area contributed by atoms with Gasteiger partial charge in [-0.25, -0.2) is 13.6 Å². The summed E-state index contributed by atoms with van der Waals surface area (Å²) >= 11 is 0. The quantitative estimate of drug-likeness (QED) is 0.699. The van der Waals surface area contributed by atoms with Crippen molar-refractivity contribution in [2.45, 2.75) is 12.5 Å². The lowest BCUT2D eigenvalue weighted by atomic mass is 9.98. The van der Waals surface area contributed by atoms with Crippen molar-refractivity contribution in [1.29, 1.82) is 0 Å². The van der Waals surface area contributed by atoms with Gasteiger partial charge in [-0.05, 0) is 34.5 Å². The molecule has 0 radical (unpaired) electrons. The number of amides is 1. The predicted molar refractivity (Wildman–Crippen MR) is 97.3 cm³/mol. The van der Waals surface area contributed by atoms with Crippen LogP contribution in [0, 0.1) is 11.6 Å². The molecule has 0 spiro atoms. The van der Waals surface area contributed by atoms with Gasteiger partial charge < -0.3 is 10.1 Å². The van der Waals surface area contributed by atoms with E-state index in [1.807, 2.05) is 42.5 Å². The molecule has 6 heteroatoms. The van der Waals surface area contributed by atoms with Crippen LogP contribution < -0.4 is 5.32 Å². The molecule has 4 nitrogen and oxygen atoms in total.